The van der Waals surface area contributed by atoms with E-state index in [0.29, 0.717) is 5.25 Å². The van der Waals surface area contributed by atoms with E-state index in [1.54, 1.807) is 0 Å². The largest absolute Gasteiger partial charge is 0.599 e. The van der Waals surface area contributed by atoms with Crippen molar-refractivity contribution in [1.82, 2.24) is 0 Å². The maximum Gasteiger partial charge on any atom is 0.174 e. The molecule has 0 aromatic rings. The van der Waals surface area contributed by atoms with E-state index in [2.05, 4.69) is 0 Å². The zero-order valence-electron chi connectivity index (χ0n) is 3.19. The second-order valence-electron chi connectivity index (χ2n) is 1.45. The van der Waals surface area contributed by atoms with Crippen LogP contribution in [0.1, 0.15) is 12.8 Å². The van der Waals surface area contributed by atoms with Gasteiger partial charge in [-0.05, 0) is 0 Å². The third kappa shape index (κ3) is 1.03. The van der Waals surface area contributed by atoms with Crippen LogP contribution in [-0.4, -0.2) is 9.80 Å². The van der Waals surface area contributed by atoms with Gasteiger partial charge in [-0.15, -0.1) is 0 Å². The first-order valence-corrected chi connectivity index (χ1v) is 3.91. The summed E-state index contributed by atoms with van der Waals surface area (Å²) in [5.41, 5.74) is 0. The van der Waals surface area contributed by atoms with Gasteiger partial charge in [0.05, 0.1) is 10.4 Å². The van der Waals surface area contributed by atoms with Crippen molar-refractivity contribution in [2.75, 3.05) is 0 Å². The molecule has 3 heteroatoms. The number of hydrogen-bond acceptors (Lipinski definition) is 1. The topological polar surface area (TPSA) is 23.1 Å². The van der Waals surface area contributed by atoms with Crippen molar-refractivity contribution in [3.05, 3.63) is 0 Å². The van der Waals surface area contributed by atoms with Crippen LogP contribution in [0.3, 0.4) is 0 Å². The van der Waals surface area contributed by atoms with E-state index < -0.39 is 10.4 Å². The highest BCUT2D eigenvalue weighted by Crippen LogP contribution is 2.30. The molecule has 6 heavy (non-hydrogen) atoms. The second-order valence-corrected chi connectivity index (χ2v) is 3.52. The summed E-state index contributed by atoms with van der Waals surface area (Å²) >= 11 is 0. The molecule has 1 aliphatic rings. The van der Waals surface area contributed by atoms with Crippen LogP contribution in [0.4, 0.5) is 0 Å². The summed E-state index contributed by atoms with van der Waals surface area (Å²) in [5.74, 6) is 0. The minimum atomic E-state index is -1.03. The standard InChI is InChI=1S/C3H5ClOS/c4-6(5)3-1-2-3/h3H,1-2H2. The molecule has 1 aliphatic carbocycles. The van der Waals surface area contributed by atoms with Gasteiger partial charge in [0.1, 0.15) is 5.25 Å². The Balaban J connectivity index is 2.13. The fourth-order valence-electron chi connectivity index (χ4n) is 0.253. The van der Waals surface area contributed by atoms with E-state index in [-0.39, 0.29) is 0 Å². The van der Waals surface area contributed by atoms with Crippen LogP contribution < -0.4 is 0 Å². The van der Waals surface area contributed by atoms with E-state index in [9.17, 15) is 4.55 Å². The lowest BCUT2D eigenvalue weighted by Gasteiger charge is -1.91. The van der Waals surface area contributed by atoms with Crippen LogP contribution in [-0.2, 0) is 10.4 Å². The average Bonchev–Trinajstić information content (AvgIpc) is 2.06. The summed E-state index contributed by atoms with van der Waals surface area (Å²) in [6.07, 6.45) is 2.13. The molecule has 1 saturated carbocycles. The maximum atomic E-state index is 10.1. The Morgan fingerprint density at radius 1 is 1.67 bits per heavy atom. The smallest absolute Gasteiger partial charge is 0.174 e. The zero-order valence-corrected chi connectivity index (χ0v) is 4.76. The monoisotopic (exact) mass is 124 g/mol. The molecule has 0 amide bonds. The number of hydrogen-bond donors (Lipinski definition) is 0. The maximum absolute atomic E-state index is 10.1. The minimum absolute atomic E-state index is 0.340. The summed E-state index contributed by atoms with van der Waals surface area (Å²) in [6.45, 7) is 0. The first-order chi connectivity index (χ1) is 2.80. The van der Waals surface area contributed by atoms with Crippen molar-refractivity contribution in [3.8, 4) is 0 Å². The van der Waals surface area contributed by atoms with Gasteiger partial charge >= 0.3 is 0 Å². The lowest BCUT2D eigenvalue weighted by atomic mass is 11.0. The van der Waals surface area contributed by atoms with Gasteiger partial charge in [0.2, 0.25) is 0 Å². The molecule has 0 aromatic carbocycles. The average molecular weight is 125 g/mol. The highest BCUT2D eigenvalue weighted by atomic mass is 35.7. The number of rotatable bonds is 1. The molecular weight excluding hydrogens is 120 g/mol. The van der Waals surface area contributed by atoms with Gasteiger partial charge in [-0.25, -0.2) is 0 Å². The summed E-state index contributed by atoms with van der Waals surface area (Å²) < 4.78 is 10.1. The molecule has 1 rings (SSSR count). The Labute approximate surface area is 44.4 Å². The summed E-state index contributed by atoms with van der Waals surface area (Å²) in [4.78, 5) is 0. The SMILES string of the molecule is [O-][S+](Cl)C1CC1. The summed E-state index contributed by atoms with van der Waals surface area (Å²) in [5, 5.41) is 0.340. The van der Waals surface area contributed by atoms with Crippen molar-refractivity contribution in [3.63, 3.8) is 0 Å². The Bertz CT molecular complexity index is 52.8. The van der Waals surface area contributed by atoms with Gasteiger partial charge in [0.15, 0.2) is 10.7 Å². The Kier molecular flexibility index (Phi) is 1.27. The highest BCUT2D eigenvalue weighted by molar-refractivity contribution is 8.14. The quantitative estimate of drug-likeness (QED) is 0.480. The van der Waals surface area contributed by atoms with E-state index in [0.717, 1.165) is 12.8 Å². The molecule has 36 valence electrons. The Hall–Kier alpha value is 0.600. The third-order valence-corrected chi connectivity index (χ3v) is 2.54. The second kappa shape index (κ2) is 1.60. The molecule has 1 nitrogen and oxygen atoms in total. The molecule has 1 atom stereocenters. The van der Waals surface area contributed by atoms with Crippen molar-refractivity contribution >= 4 is 21.1 Å². The zero-order chi connectivity index (χ0) is 4.57. The molecular formula is C3H5ClOS. The van der Waals surface area contributed by atoms with Crippen LogP contribution in [0.5, 0.6) is 0 Å². The van der Waals surface area contributed by atoms with Gasteiger partial charge < -0.3 is 4.55 Å². The van der Waals surface area contributed by atoms with E-state index >= 15 is 0 Å². The van der Waals surface area contributed by atoms with Gasteiger partial charge in [0, 0.05) is 12.8 Å². The molecule has 0 saturated heterocycles. The van der Waals surface area contributed by atoms with Gasteiger partial charge in [0.25, 0.3) is 0 Å². The van der Waals surface area contributed by atoms with Crippen LogP contribution in [0, 0.1) is 0 Å². The summed E-state index contributed by atoms with van der Waals surface area (Å²) in [7, 11) is 4.11. The summed E-state index contributed by atoms with van der Waals surface area (Å²) in [6, 6.07) is 0. The van der Waals surface area contributed by atoms with Gasteiger partial charge in [-0.2, -0.15) is 0 Å². The van der Waals surface area contributed by atoms with Crippen molar-refractivity contribution < 1.29 is 4.55 Å². The van der Waals surface area contributed by atoms with Crippen LogP contribution in [0.2, 0.25) is 0 Å². The van der Waals surface area contributed by atoms with Crippen molar-refractivity contribution in [1.29, 1.82) is 0 Å². The molecule has 0 aromatic heterocycles. The molecule has 1 fully saturated rings. The minimum Gasteiger partial charge on any atom is -0.599 e. The van der Waals surface area contributed by atoms with E-state index in [4.69, 9.17) is 10.7 Å². The predicted octanol–water partition coefficient (Wildman–Crippen LogP) is 1.05. The predicted molar refractivity (Wildman–Crippen MR) is 27.0 cm³/mol. The number of halogens is 1. The third-order valence-electron chi connectivity index (χ3n) is 0.786. The molecule has 0 aliphatic heterocycles. The lowest BCUT2D eigenvalue weighted by molar-refractivity contribution is 0.607. The van der Waals surface area contributed by atoms with E-state index in [1.807, 2.05) is 0 Å². The normalized spacial score (nSPS) is 27.0. The molecule has 0 bridgehead atoms. The highest BCUT2D eigenvalue weighted by Gasteiger charge is 2.33. The van der Waals surface area contributed by atoms with Gasteiger partial charge in [-0.3, -0.25) is 0 Å². The molecule has 1 unspecified atom stereocenters. The first kappa shape index (κ1) is 4.75. The fourth-order valence-corrected chi connectivity index (χ4v) is 1.29. The fraction of sp³-hybridized carbons (Fsp3) is 1.00. The molecule has 0 N–H and O–H groups in total. The van der Waals surface area contributed by atoms with Crippen LogP contribution in [0.15, 0.2) is 0 Å². The van der Waals surface area contributed by atoms with Crippen LogP contribution >= 0.6 is 10.7 Å². The van der Waals surface area contributed by atoms with Crippen LogP contribution in [0.25, 0.3) is 0 Å². The Morgan fingerprint density at radius 3 is 2.17 bits per heavy atom. The van der Waals surface area contributed by atoms with Crippen molar-refractivity contribution in [2.45, 2.75) is 18.1 Å². The molecule has 0 spiro atoms. The first-order valence-electron chi connectivity index (χ1n) is 1.87. The van der Waals surface area contributed by atoms with E-state index in [1.165, 1.54) is 0 Å². The lowest BCUT2D eigenvalue weighted by Crippen LogP contribution is -1.93. The van der Waals surface area contributed by atoms with Crippen molar-refractivity contribution in [2.24, 2.45) is 0 Å². The molecule has 0 radical (unpaired) electrons. The van der Waals surface area contributed by atoms with Gasteiger partial charge in [-0.1, -0.05) is 0 Å². The molecule has 0 heterocycles. The Morgan fingerprint density at radius 2 is 2.17 bits per heavy atom.